The van der Waals surface area contributed by atoms with Crippen molar-refractivity contribution in [2.75, 3.05) is 24.2 Å². The maximum Gasteiger partial charge on any atom is 0.255 e. The molecule has 1 atom stereocenters. The third-order valence-corrected chi connectivity index (χ3v) is 9.34. The molecule has 1 aliphatic carbocycles. The van der Waals surface area contributed by atoms with E-state index in [1.165, 1.54) is 12.8 Å². The average molecular weight is 482 g/mol. The molecule has 0 spiro atoms. The van der Waals surface area contributed by atoms with Gasteiger partial charge in [0.1, 0.15) is 12.0 Å². The van der Waals surface area contributed by atoms with Crippen LogP contribution in [0, 0.1) is 5.92 Å². The maximum atomic E-state index is 12.9. The number of nitrogens with zero attached hydrogens (tertiary/aromatic N) is 2. The van der Waals surface area contributed by atoms with Crippen molar-refractivity contribution in [3.8, 4) is 0 Å². The Kier molecular flexibility index (Phi) is 5.95. The number of rotatable bonds is 6. The molecule has 2 heterocycles. The summed E-state index contributed by atoms with van der Waals surface area (Å²) in [6.45, 7) is 5.16. The highest BCUT2D eigenvalue weighted by molar-refractivity contribution is 7.92. The molecule has 9 heteroatoms. The Hall–Kier alpha value is -2.75. The van der Waals surface area contributed by atoms with E-state index in [9.17, 15) is 13.2 Å². The van der Waals surface area contributed by atoms with Gasteiger partial charge < -0.3 is 10.7 Å². The number of benzene rings is 2. The lowest BCUT2D eigenvalue weighted by atomic mass is 10.1. The van der Waals surface area contributed by atoms with Crippen LogP contribution in [0.25, 0.3) is 0 Å². The number of hydrogen-bond donors (Lipinski definition) is 3. The van der Waals surface area contributed by atoms with E-state index in [2.05, 4.69) is 21.1 Å². The number of carbonyl (C=O) groups is 1. The van der Waals surface area contributed by atoms with Crippen molar-refractivity contribution in [1.29, 1.82) is 0 Å². The van der Waals surface area contributed by atoms with Crippen LogP contribution in [0.3, 0.4) is 0 Å². The minimum Gasteiger partial charge on any atom is -0.322 e. The molecule has 2 aromatic rings. The second kappa shape index (κ2) is 8.79. The second-order valence-corrected chi connectivity index (χ2v) is 12.8. The highest BCUT2D eigenvalue weighted by atomic mass is 32.2. The van der Waals surface area contributed by atoms with E-state index in [-0.39, 0.29) is 17.8 Å². The van der Waals surface area contributed by atoms with Gasteiger partial charge in [-0.05, 0) is 74.6 Å². The molecule has 1 unspecified atom stereocenters. The Labute approximate surface area is 200 Å². The molecule has 2 aliphatic heterocycles. The van der Waals surface area contributed by atoms with Crippen molar-refractivity contribution < 1.29 is 13.2 Å². The molecule has 180 valence electrons. The minimum absolute atomic E-state index is 0.155. The molecule has 3 N–H and O–H groups in total. The third kappa shape index (κ3) is 4.87. The molecule has 1 saturated heterocycles. The van der Waals surface area contributed by atoms with Crippen molar-refractivity contribution in [2.24, 2.45) is 10.9 Å². The van der Waals surface area contributed by atoms with Gasteiger partial charge in [-0.25, -0.2) is 18.8 Å². The number of sulfone groups is 1. The summed E-state index contributed by atoms with van der Waals surface area (Å²) in [5.74, 6) is 1.45. The standard InChI is InChI=1S/C25H31N5O3S/c1-25(2)16-30(12-13-34(25,32)33)15-17-4-3-5-20(14-17)24(31)26-21-10-8-19(9-11-21)23-27-22(28-29-23)18-6-7-18/h3-5,8-11,14,18,22,28H,6-7,12-13,15-16H2,1-2H3,(H,26,31)(H,27,29). The summed E-state index contributed by atoms with van der Waals surface area (Å²) in [6.07, 6.45) is 2.60. The predicted octanol–water partition coefficient (Wildman–Crippen LogP) is 2.54. The summed E-state index contributed by atoms with van der Waals surface area (Å²) in [6, 6.07) is 15.2. The predicted molar refractivity (Wildman–Crippen MR) is 133 cm³/mol. The Morgan fingerprint density at radius 1 is 1.18 bits per heavy atom. The third-order valence-electron chi connectivity index (χ3n) is 6.81. The first-order valence-electron chi connectivity index (χ1n) is 11.7. The van der Waals surface area contributed by atoms with Gasteiger partial charge in [-0.15, -0.1) is 0 Å². The van der Waals surface area contributed by atoms with Crippen LogP contribution in [0.15, 0.2) is 53.5 Å². The Morgan fingerprint density at radius 3 is 2.65 bits per heavy atom. The van der Waals surface area contributed by atoms with Crippen molar-refractivity contribution >= 4 is 27.3 Å². The van der Waals surface area contributed by atoms with Crippen molar-refractivity contribution in [3.05, 3.63) is 65.2 Å². The Balaban J connectivity index is 1.21. The van der Waals surface area contributed by atoms with Crippen molar-refractivity contribution in [3.63, 3.8) is 0 Å². The molecule has 2 fully saturated rings. The fourth-order valence-electron chi connectivity index (χ4n) is 4.49. The van der Waals surface area contributed by atoms with Gasteiger partial charge in [0.05, 0.1) is 10.5 Å². The van der Waals surface area contributed by atoms with Crippen LogP contribution in [0.1, 0.15) is 48.2 Å². The van der Waals surface area contributed by atoms with E-state index in [4.69, 9.17) is 4.99 Å². The molecule has 2 aromatic carbocycles. The Bertz CT molecular complexity index is 1220. The summed E-state index contributed by atoms with van der Waals surface area (Å²) in [4.78, 5) is 19.7. The number of hydrogen-bond acceptors (Lipinski definition) is 7. The fourth-order valence-corrected chi connectivity index (χ4v) is 5.92. The zero-order chi connectivity index (χ0) is 23.9. The summed E-state index contributed by atoms with van der Waals surface area (Å²) in [5.41, 5.74) is 9.63. The summed E-state index contributed by atoms with van der Waals surface area (Å²) in [5, 5.41) is 2.96. The molecule has 0 aromatic heterocycles. The number of hydrazine groups is 1. The molecular formula is C25H31N5O3S. The number of nitrogens with one attached hydrogen (secondary N) is 3. The quantitative estimate of drug-likeness (QED) is 0.586. The first kappa shape index (κ1) is 23.0. The molecule has 1 saturated carbocycles. The summed E-state index contributed by atoms with van der Waals surface area (Å²) >= 11 is 0. The summed E-state index contributed by atoms with van der Waals surface area (Å²) in [7, 11) is -3.08. The molecule has 1 amide bonds. The topological polar surface area (TPSA) is 103 Å². The number of amidine groups is 1. The average Bonchev–Trinajstić information content (AvgIpc) is 3.54. The monoisotopic (exact) mass is 481 g/mol. The van der Waals surface area contributed by atoms with Gasteiger partial charge >= 0.3 is 0 Å². The number of anilines is 1. The lowest BCUT2D eigenvalue weighted by Gasteiger charge is -2.37. The zero-order valence-electron chi connectivity index (χ0n) is 19.5. The minimum atomic E-state index is -3.08. The van der Waals surface area contributed by atoms with E-state index in [1.807, 2.05) is 42.5 Å². The van der Waals surface area contributed by atoms with Crippen LogP contribution >= 0.6 is 0 Å². The van der Waals surface area contributed by atoms with Crippen LogP contribution in [-0.4, -0.2) is 54.8 Å². The molecule has 3 aliphatic rings. The lowest BCUT2D eigenvalue weighted by molar-refractivity contribution is 0.102. The van der Waals surface area contributed by atoms with Gasteiger partial charge in [0.25, 0.3) is 5.91 Å². The van der Waals surface area contributed by atoms with Crippen LogP contribution in [0.2, 0.25) is 0 Å². The van der Waals surface area contributed by atoms with Gasteiger partial charge in [-0.2, -0.15) is 0 Å². The maximum absolute atomic E-state index is 12.9. The Morgan fingerprint density at radius 2 is 1.94 bits per heavy atom. The van der Waals surface area contributed by atoms with E-state index < -0.39 is 14.6 Å². The van der Waals surface area contributed by atoms with Crippen molar-refractivity contribution in [1.82, 2.24) is 15.8 Å². The fraction of sp³-hybridized carbons (Fsp3) is 0.440. The largest absolute Gasteiger partial charge is 0.322 e. The second-order valence-electron chi connectivity index (χ2n) is 10.1. The number of carbonyl (C=O) groups excluding carboxylic acids is 1. The van der Waals surface area contributed by atoms with Gasteiger partial charge in [0.15, 0.2) is 9.84 Å². The van der Waals surface area contributed by atoms with Crippen LogP contribution < -0.4 is 16.2 Å². The van der Waals surface area contributed by atoms with Crippen LogP contribution in [-0.2, 0) is 16.4 Å². The molecule has 34 heavy (non-hydrogen) atoms. The molecule has 0 bridgehead atoms. The smallest absolute Gasteiger partial charge is 0.255 e. The molecular weight excluding hydrogens is 450 g/mol. The number of aliphatic imine (C=N–C) groups is 1. The lowest BCUT2D eigenvalue weighted by Crippen LogP contribution is -2.52. The highest BCUT2D eigenvalue weighted by Gasteiger charge is 2.40. The molecule has 8 nitrogen and oxygen atoms in total. The van der Waals surface area contributed by atoms with Gasteiger partial charge in [0, 0.05) is 36.4 Å². The van der Waals surface area contributed by atoms with E-state index in [1.54, 1.807) is 19.9 Å². The van der Waals surface area contributed by atoms with Gasteiger partial charge in [-0.3, -0.25) is 9.69 Å². The first-order valence-corrected chi connectivity index (χ1v) is 13.4. The van der Waals surface area contributed by atoms with E-state index in [0.717, 1.165) is 17.0 Å². The van der Waals surface area contributed by atoms with E-state index in [0.29, 0.717) is 36.8 Å². The normalized spacial score (nSPS) is 23.7. The van der Waals surface area contributed by atoms with Crippen LogP contribution in [0.4, 0.5) is 5.69 Å². The SMILES string of the molecule is CC1(C)CN(Cc2cccc(C(=O)Nc3ccc(C4=NC(C5CC5)NN4)cc3)c2)CCS1(=O)=O. The number of amides is 1. The zero-order valence-corrected chi connectivity index (χ0v) is 20.4. The highest BCUT2D eigenvalue weighted by Crippen LogP contribution is 2.34. The van der Waals surface area contributed by atoms with Crippen molar-refractivity contribution in [2.45, 2.75) is 44.1 Å². The molecule has 0 radical (unpaired) electrons. The first-order chi connectivity index (χ1) is 16.2. The van der Waals surface area contributed by atoms with Gasteiger partial charge in [-0.1, -0.05) is 12.1 Å². The van der Waals surface area contributed by atoms with E-state index >= 15 is 0 Å². The van der Waals surface area contributed by atoms with Gasteiger partial charge in [0.2, 0.25) is 0 Å². The summed E-state index contributed by atoms with van der Waals surface area (Å²) < 4.78 is 23.8. The molecule has 5 rings (SSSR count). The van der Waals surface area contributed by atoms with Crippen LogP contribution in [0.5, 0.6) is 0 Å².